The minimum Gasteiger partial charge on any atom is -0.381 e. The molecule has 3 heteroatoms. The van der Waals surface area contributed by atoms with Crippen molar-refractivity contribution in [3.63, 3.8) is 0 Å². The highest BCUT2D eigenvalue weighted by atomic mass is 16.5. The molecule has 0 spiro atoms. The first-order valence-corrected chi connectivity index (χ1v) is 10.9. The topological polar surface area (TPSA) is 47.3 Å². The molecule has 0 radical (unpaired) electrons. The molecule has 3 N–H and O–H groups in total. The zero-order valence-electron chi connectivity index (χ0n) is 16.6. The second-order valence-corrected chi connectivity index (χ2v) is 7.10. The van der Waals surface area contributed by atoms with Crippen molar-refractivity contribution in [2.24, 2.45) is 5.73 Å². The van der Waals surface area contributed by atoms with Gasteiger partial charge in [-0.25, -0.2) is 0 Å². The molecule has 0 aliphatic rings. The molecule has 0 heterocycles. The molecule has 24 heavy (non-hydrogen) atoms. The lowest BCUT2D eigenvalue weighted by atomic mass is 10.0. The highest BCUT2D eigenvalue weighted by Gasteiger charge is 1.94. The van der Waals surface area contributed by atoms with Gasteiger partial charge in [0, 0.05) is 13.2 Å². The predicted octanol–water partition coefficient (Wildman–Crippen LogP) is 5.42. The average molecular weight is 343 g/mol. The minimum atomic E-state index is 0.780. The van der Waals surface area contributed by atoms with Crippen molar-refractivity contribution < 1.29 is 4.74 Å². The second kappa shape index (κ2) is 22.9. The summed E-state index contributed by atoms with van der Waals surface area (Å²) in [6.45, 7) is 7.00. The molecule has 0 aliphatic carbocycles. The first-order valence-electron chi connectivity index (χ1n) is 10.9. The molecule has 0 aromatic carbocycles. The van der Waals surface area contributed by atoms with E-state index in [1.165, 1.54) is 83.5 Å². The van der Waals surface area contributed by atoms with Gasteiger partial charge < -0.3 is 15.8 Å². The molecule has 146 valence electrons. The van der Waals surface area contributed by atoms with Crippen LogP contribution in [-0.2, 0) is 4.74 Å². The van der Waals surface area contributed by atoms with Gasteiger partial charge in [-0.15, -0.1) is 0 Å². The molecule has 0 bridgehead atoms. The Bertz CT molecular complexity index is 190. The molecule has 0 atom stereocenters. The normalized spacial score (nSPS) is 11.2. The van der Waals surface area contributed by atoms with E-state index in [1.54, 1.807) is 0 Å². The van der Waals surface area contributed by atoms with Crippen LogP contribution in [0.3, 0.4) is 0 Å². The Labute approximate surface area is 152 Å². The van der Waals surface area contributed by atoms with E-state index in [4.69, 9.17) is 10.5 Å². The van der Waals surface area contributed by atoms with Gasteiger partial charge in [-0.05, 0) is 38.9 Å². The van der Waals surface area contributed by atoms with Crippen molar-refractivity contribution in [1.29, 1.82) is 0 Å². The fourth-order valence-electron chi connectivity index (χ4n) is 2.98. The summed E-state index contributed by atoms with van der Waals surface area (Å²) < 4.78 is 5.68. The van der Waals surface area contributed by atoms with Crippen LogP contribution in [0.2, 0.25) is 0 Å². The van der Waals surface area contributed by atoms with Crippen LogP contribution in [0.25, 0.3) is 0 Å². The maximum atomic E-state index is 5.68. The smallest absolute Gasteiger partial charge is 0.0478 e. The molecule has 0 aliphatic heterocycles. The van der Waals surface area contributed by atoms with E-state index in [0.29, 0.717) is 0 Å². The Morgan fingerprint density at radius 2 is 1.04 bits per heavy atom. The van der Waals surface area contributed by atoms with Crippen molar-refractivity contribution in [1.82, 2.24) is 5.32 Å². The highest BCUT2D eigenvalue weighted by molar-refractivity contribution is 4.50. The number of unbranched alkanes of at least 4 members (excludes halogenated alkanes) is 12. The molecule has 0 aromatic rings. The Kier molecular flexibility index (Phi) is 22.8. The summed E-state index contributed by atoms with van der Waals surface area (Å²) in [7, 11) is 0. The quantitative estimate of drug-likeness (QED) is 0.274. The van der Waals surface area contributed by atoms with Crippen LogP contribution in [-0.4, -0.2) is 32.8 Å². The minimum absolute atomic E-state index is 0.780. The molecule has 0 rings (SSSR count). The van der Waals surface area contributed by atoms with E-state index in [9.17, 15) is 0 Å². The van der Waals surface area contributed by atoms with E-state index in [2.05, 4.69) is 12.2 Å². The van der Waals surface area contributed by atoms with Gasteiger partial charge in [-0.2, -0.15) is 0 Å². The molecular weight excluding hydrogens is 296 g/mol. The third-order valence-electron chi connectivity index (χ3n) is 4.59. The largest absolute Gasteiger partial charge is 0.381 e. The van der Waals surface area contributed by atoms with Crippen molar-refractivity contribution in [3.05, 3.63) is 0 Å². The molecule has 0 unspecified atom stereocenters. The number of rotatable bonds is 21. The van der Waals surface area contributed by atoms with E-state index in [-0.39, 0.29) is 0 Å². The van der Waals surface area contributed by atoms with E-state index in [1.807, 2.05) is 0 Å². The molecule has 0 saturated heterocycles. The van der Waals surface area contributed by atoms with Crippen LogP contribution in [0.5, 0.6) is 0 Å². The number of nitrogens with two attached hydrogens (primary N) is 1. The molecule has 3 nitrogen and oxygen atoms in total. The Morgan fingerprint density at radius 3 is 1.58 bits per heavy atom. The lowest BCUT2D eigenvalue weighted by Gasteiger charge is -2.06. The van der Waals surface area contributed by atoms with Gasteiger partial charge in [0.25, 0.3) is 0 Å². The van der Waals surface area contributed by atoms with Gasteiger partial charge in [0.05, 0.1) is 0 Å². The van der Waals surface area contributed by atoms with Crippen LogP contribution in [0, 0.1) is 0 Å². The van der Waals surface area contributed by atoms with Crippen molar-refractivity contribution in [3.8, 4) is 0 Å². The van der Waals surface area contributed by atoms with Crippen LogP contribution in [0.1, 0.15) is 103 Å². The summed E-state index contributed by atoms with van der Waals surface area (Å²) >= 11 is 0. The summed E-state index contributed by atoms with van der Waals surface area (Å²) in [5.41, 5.74) is 5.44. The third kappa shape index (κ3) is 21.9. The zero-order chi connectivity index (χ0) is 17.6. The SMILES string of the molecule is CCCCCCCCCCCCCCCOCCCNCCCN. The van der Waals surface area contributed by atoms with E-state index >= 15 is 0 Å². The summed E-state index contributed by atoms with van der Waals surface area (Å²) in [5.74, 6) is 0. The predicted molar refractivity (Wildman–Crippen MR) is 108 cm³/mol. The van der Waals surface area contributed by atoms with Gasteiger partial charge >= 0.3 is 0 Å². The first kappa shape index (κ1) is 23.9. The number of hydrogen-bond donors (Lipinski definition) is 2. The maximum Gasteiger partial charge on any atom is 0.0478 e. The van der Waals surface area contributed by atoms with Crippen LogP contribution in [0.4, 0.5) is 0 Å². The van der Waals surface area contributed by atoms with Crippen molar-refractivity contribution >= 4 is 0 Å². The molecule has 0 saturated carbocycles. The van der Waals surface area contributed by atoms with E-state index in [0.717, 1.165) is 45.7 Å². The Hall–Kier alpha value is -0.120. The zero-order valence-corrected chi connectivity index (χ0v) is 16.6. The van der Waals surface area contributed by atoms with Gasteiger partial charge in [-0.3, -0.25) is 0 Å². The fraction of sp³-hybridized carbons (Fsp3) is 1.00. The second-order valence-electron chi connectivity index (χ2n) is 7.10. The number of hydrogen-bond acceptors (Lipinski definition) is 3. The molecule has 0 fully saturated rings. The summed E-state index contributed by atoms with van der Waals surface area (Å²) in [6, 6.07) is 0. The third-order valence-corrected chi connectivity index (χ3v) is 4.59. The molecule has 0 aromatic heterocycles. The Morgan fingerprint density at radius 1 is 0.583 bits per heavy atom. The average Bonchev–Trinajstić information content (AvgIpc) is 2.60. The summed E-state index contributed by atoms with van der Waals surface area (Å²) in [6.07, 6.45) is 20.5. The van der Waals surface area contributed by atoms with Crippen LogP contribution in [0.15, 0.2) is 0 Å². The van der Waals surface area contributed by atoms with Gasteiger partial charge in [0.1, 0.15) is 0 Å². The maximum absolute atomic E-state index is 5.68. The van der Waals surface area contributed by atoms with Gasteiger partial charge in [0.15, 0.2) is 0 Å². The van der Waals surface area contributed by atoms with Crippen LogP contribution < -0.4 is 11.1 Å². The van der Waals surface area contributed by atoms with Crippen molar-refractivity contribution in [2.75, 3.05) is 32.8 Å². The Balaban J connectivity index is 2.93. The number of nitrogens with one attached hydrogen (secondary N) is 1. The lowest BCUT2D eigenvalue weighted by Crippen LogP contribution is -2.20. The monoisotopic (exact) mass is 342 g/mol. The number of ether oxygens (including phenoxy) is 1. The van der Waals surface area contributed by atoms with Gasteiger partial charge in [0.2, 0.25) is 0 Å². The molecular formula is C21H46N2O. The van der Waals surface area contributed by atoms with Crippen LogP contribution >= 0.6 is 0 Å². The lowest BCUT2D eigenvalue weighted by molar-refractivity contribution is 0.127. The summed E-state index contributed by atoms with van der Waals surface area (Å²) in [4.78, 5) is 0. The molecule has 0 amide bonds. The van der Waals surface area contributed by atoms with Gasteiger partial charge in [-0.1, -0.05) is 84.0 Å². The fourth-order valence-corrected chi connectivity index (χ4v) is 2.98. The standard InChI is InChI=1S/C21H46N2O/c1-2-3-4-5-6-7-8-9-10-11-12-13-14-20-24-21-16-19-23-18-15-17-22/h23H,2-22H2,1H3. The van der Waals surface area contributed by atoms with E-state index < -0.39 is 0 Å². The van der Waals surface area contributed by atoms with Crippen molar-refractivity contribution in [2.45, 2.75) is 103 Å². The summed E-state index contributed by atoms with van der Waals surface area (Å²) in [5, 5.41) is 3.38. The first-order chi connectivity index (χ1) is 11.9. The highest BCUT2D eigenvalue weighted by Crippen LogP contribution is 2.12.